The molecule has 2 nitrogen and oxygen atoms in total. The lowest BCUT2D eigenvalue weighted by atomic mass is 9.75. The first-order valence-electron chi connectivity index (χ1n) is 16.6. The van der Waals surface area contributed by atoms with Gasteiger partial charge in [-0.3, -0.25) is 0 Å². The van der Waals surface area contributed by atoms with Gasteiger partial charge in [-0.15, -0.1) is 11.3 Å². The van der Waals surface area contributed by atoms with Crippen LogP contribution in [0.1, 0.15) is 45.5 Å². The Morgan fingerprint density at radius 2 is 1.44 bits per heavy atom. The summed E-state index contributed by atoms with van der Waals surface area (Å²) < 4.78 is 125. The molecule has 0 N–H and O–H groups in total. The van der Waals surface area contributed by atoms with Gasteiger partial charge in [0, 0.05) is 20.2 Å². The maximum absolute atomic E-state index is 9.27. The Labute approximate surface area is 211 Å². The van der Waals surface area contributed by atoms with Gasteiger partial charge in [0.15, 0.2) is 0 Å². The van der Waals surface area contributed by atoms with E-state index in [-0.39, 0.29) is 48.0 Å². The first-order chi connectivity index (χ1) is 20.8. The molecule has 0 aliphatic carbocycles. The van der Waals surface area contributed by atoms with E-state index in [2.05, 4.69) is 0 Å². The molecule has 0 atom stereocenters. The molecule has 1 aromatic heterocycles. The van der Waals surface area contributed by atoms with Crippen LogP contribution in [-0.4, -0.2) is 18.3 Å². The third-order valence-electron chi connectivity index (χ3n) is 6.14. The van der Waals surface area contributed by atoms with Crippen molar-refractivity contribution in [2.75, 3.05) is 0 Å². The van der Waals surface area contributed by atoms with E-state index in [4.69, 9.17) is 24.4 Å². The topological polar surface area (TPSA) is 18.5 Å². The number of hydrogen-bond donors (Lipinski definition) is 0. The van der Waals surface area contributed by atoms with Crippen LogP contribution >= 0.6 is 11.3 Å². The lowest BCUT2D eigenvalue weighted by Crippen LogP contribution is -2.41. The van der Waals surface area contributed by atoms with Gasteiger partial charge in [0.1, 0.15) is 0 Å². The van der Waals surface area contributed by atoms with E-state index in [1.165, 1.54) is 0 Å². The smallest absolute Gasteiger partial charge is 0.399 e. The van der Waals surface area contributed by atoms with Crippen molar-refractivity contribution < 1.29 is 27.1 Å². The number of rotatable bonds is 2. The fourth-order valence-electron chi connectivity index (χ4n) is 3.75. The van der Waals surface area contributed by atoms with Gasteiger partial charge in [0.25, 0.3) is 0 Å². The zero-order valence-corrected chi connectivity index (χ0v) is 18.6. The van der Waals surface area contributed by atoms with Crippen molar-refractivity contribution >= 4 is 54.9 Å². The highest BCUT2D eigenvalue weighted by Crippen LogP contribution is 2.42. The molecule has 1 aliphatic heterocycles. The average Bonchev–Trinajstić information content (AvgIpc) is 3.46. The van der Waals surface area contributed by atoms with E-state index in [9.17, 15) is 2.74 Å². The lowest BCUT2D eigenvalue weighted by molar-refractivity contribution is 0.00578. The second-order valence-corrected chi connectivity index (χ2v) is 9.66. The molecule has 4 aromatic carbocycles. The summed E-state index contributed by atoms with van der Waals surface area (Å²) in [5.74, 6) is 0. The summed E-state index contributed by atoms with van der Waals surface area (Å²) in [5.41, 5.74) is -2.40. The molecule has 2 heterocycles. The molecule has 6 rings (SSSR count). The van der Waals surface area contributed by atoms with Crippen LogP contribution in [0.2, 0.25) is 0 Å². The number of thiophene rings is 1. The Bertz CT molecular complexity index is 2130. The minimum atomic E-state index is -1.21. The molecule has 1 aliphatic rings. The molecule has 0 spiro atoms. The SMILES string of the molecule is [2H]c1c([2H])c([2H])c(-c2c([2H])c([2H])c3c(sc4c5c([2H])c([2H])c([2H])c([2H])c5c([2H])c(B5OC(C)(C)C(C)(C)O5)c43)c2[2H])c([2H])c1[2H]. The minimum Gasteiger partial charge on any atom is -0.399 e. The Balaban J connectivity index is 1.87. The number of benzene rings is 4. The molecule has 0 unspecified atom stereocenters. The van der Waals surface area contributed by atoms with Crippen LogP contribution in [0.25, 0.3) is 42.1 Å². The van der Waals surface area contributed by atoms with Gasteiger partial charge in [0.05, 0.1) is 29.0 Å². The van der Waals surface area contributed by atoms with Crippen molar-refractivity contribution in [1.29, 1.82) is 0 Å². The Hall–Kier alpha value is -2.66. The highest BCUT2D eigenvalue weighted by Gasteiger charge is 2.52. The first kappa shape index (κ1) is 10.5. The van der Waals surface area contributed by atoms with Gasteiger partial charge in [0.2, 0.25) is 0 Å². The van der Waals surface area contributed by atoms with Gasteiger partial charge in [-0.2, -0.15) is 0 Å². The van der Waals surface area contributed by atoms with Gasteiger partial charge >= 0.3 is 7.12 Å². The monoisotopic (exact) mass is 449 g/mol. The fourth-order valence-corrected chi connectivity index (χ4v) is 4.93. The quantitative estimate of drug-likeness (QED) is 0.266. The van der Waals surface area contributed by atoms with E-state index < -0.39 is 96.4 Å². The van der Waals surface area contributed by atoms with Crippen LogP contribution in [0.15, 0.2) is 78.6 Å². The molecule has 1 fully saturated rings. The molecule has 158 valence electrons. The predicted octanol–water partition coefficient (Wildman–Crippen LogP) is 7.17. The van der Waals surface area contributed by atoms with Crippen molar-refractivity contribution in [1.82, 2.24) is 0 Å². The normalized spacial score (nSPS) is 23.2. The highest BCUT2D eigenvalue weighted by molar-refractivity contribution is 7.27. The number of fused-ring (bicyclic) bond motifs is 5. The van der Waals surface area contributed by atoms with Gasteiger partial charge < -0.3 is 9.31 Å². The van der Waals surface area contributed by atoms with Crippen LogP contribution < -0.4 is 5.46 Å². The molecular formula is C28H25BO2S. The van der Waals surface area contributed by atoms with Crippen LogP contribution in [0.5, 0.6) is 0 Å². The maximum Gasteiger partial charge on any atom is 0.495 e. The molecule has 0 bridgehead atoms. The molecule has 4 heteroatoms. The molecule has 0 saturated carbocycles. The second kappa shape index (κ2) is 6.92. The molecule has 0 amide bonds. The summed E-state index contributed by atoms with van der Waals surface area (Å²) in [5, 5.41) is 0.0983. The van der Waals surface area contributed by atoms with Gasteiger partial charge in [-0.05, 0) is 61.1 Å². The van der Waals surface area contributed by atoms with Crippen LogP contribution in [-0.2, 0) is 9.31 Å². The van der Waals surface area contributed by atoms with Gasteiger partial charge in [-0.1, -0.05) is 72.5 Å². The van der Waals surface area contributed by atoms with Crippen LogP contribution in [0, 0.1) is 0 Å². The van der Waals surface area contributed by atoms with Crippen molar-refractivity contribution in [3.63, 3.8) is 0 Å². The summed E-state index contributed by atoms with van der Waals surface area (Å²) >= 11 is 0.905. The maximum atomic E-state index is 9.27. The summed E-state index contributed by atoms with van der Waals surface area (Å²) in [6.45, 7) is 7.22. The Morgan fingerprint density at radius 3 is 2.19 bits per heavy atom. The zero-order valence-electron chi connectivity index (χ0n) is 30.8. The van der Waals surface area contributed by atoms with E-state index in [1.807, 2.05) is 0 Å². The predicted molar refractivity (Wildman–Crippen MR) is 138 cm³/mol. The fraction of sp³-hybridized carbons (Fsp3) is 0.214. The van der Waals surface area contributed by atoms with Crippen LogP contribution in [0.3, 0.4) is 0 Å². The largest absolute Gasteiger partial charge is 0.495 e. The average molecular weight is 449 g/mol. The Morgan fingerprint density at radius 1 is 0.750 bits per heavy atom. The zero-order chi connectivity index (χ0) is 33.4. The van der Waals surface area contributed by atoms with Crippen molar-refractivity contribution in [3.05, 3.63) is 78.6 Å². The van der Waals surface area contributed by atoms with E-state index in [0.29, 0.717) is 0 Å². The van der Waals surface area contributed by atoms with Crippen LogP contribution in [0.4, 0.5) is 0 Å². The van der Waals surface area contributed by atoms with E-state index in [0.717, 1.165) is 11.3 Å². The second-order valence-electron chi connectivity index (χ2n) is 8.64. The van der Waals surface area contributed by atoms with E-state index >= 15 is 0 Å². The number of hydrogen-bond acceptors (Lipinski definition) is 3. The lowest BCUT2D eigenvalue weighted by Gasteiger charge is -2.32. The van der Waals surface area contributed by atoms with Crippen molar-refractivity contribution in [2.24, 2.45) is 0 Å². The Kier molecular flexibility index (Phi) is 2.27. The molecule has 1 saturated heterocycles. The van der Waals surface area contributed by atoms with E-state index in [1.54, 1.807) is 27.7 Å². The molecular weight excluding hydrogens is 411 g/mol. The third kappa shape index (κ3) is 2.94. The standard InChI is InChI=1S/C28H25BO2S/c1-27(2)28(3,4)31-29(30-27)23-16-20-12-8-9-13-21(20)26-25(23)22-15-14-19(17-24(22)32-26)18-10-6-5-7-11-18/h5-17H,1-4H3/i5D,6D,7D,8D,9D,10D,11D,12D,13D,14D,15D,16D,17D. The summed E-state index contributed by atoms with van der Waals surface area (Å²) in [6, 6.07) is -6.90. The summed E-state index contributed by atoms with van der Waals surface area (Å²) in [7, 11) is -1.21. The first-order valence-corrected chi connectivity index (χ1v) is 10.9. The molecule has 32 heavy (non-hydrogen) atoms. The summed E-state index contributed by atoms with van der Waals surface area (Å²) in [4.78, 5) is 0. The van der Waals surface area contributed by atoms with Crippen molar-refractivity contribution in [2.45, 2.75) is 38.9 Å². The van der Waals surface area contributed by atoms with Gasteiger partial charge in [-0.25, -0.2) is 0 Å². The highest BCUT2D eigenvalue weighted by atomic mass is 32.1. The molecule has 0 radical (unpaired) electrons. The molecule has 5 aromatic rings. The summed E-state index contributed by atoms with van der Waals surface area (Å²) in [6.07, 6.45) is 0. The van der Waals surface area contributed by atoms with Crippen molar-refractivity contribution in [3.8, 4) is 11.1 Å². The third-order valence-corrected chi connectivity index (χ3v) is 7.26. The minimum absolute atomic E-state index is 0.00263.